The highest BCUT2D eigenvalue weighted by Crippen LogP contribution is 2.24. The maximum absolute atomic E-state index is 11.8. The van der Waals surface area contributed by atoms with E-state index in [1.165, 1.54) is 22.9 Å². The fourth-order valence-corrected chi connectivity index (χ4v) is 2.85. The van der Waals surface area contributed by atoms with Gasteiger partial charge in [0.2, 0.25) is 5.91 Å². The molecule has 118 valence electrons. The van der Waals surface area contributed by atoms with E-state index in [1.54, 1.807) is 13.3 Å². The Bertz CT molecular complexity index is 640. The average Bonchev–Trinajstić information content (AvgIpc) is 2.96. The van der Waals surface area contributed by atoms with Crippen molar-refractivity contribution in [3.05, 3.63) is 41.7 Å². The van der Waals surface area contributed by atoms with Gasteiger partial charge >= 0.3 is 0 Å². The zero-order valence-electron chi connectivity index (χ0n) is 13.1. The van der Waals surface area contributed by atoms with Crippen LogP contribution in [0, 0.1) is 13.8 Å². The first-order valence-electron chi connectivity index (χ1n) is 7.12. The van der Waals surface area contributed by atoms with Gasteiger partial charge in [0.1, 0.15) is 0 Å². The van der Waals surface area contributed by atoms with Gasteiger partial charge in [-0.15, -0.1) is 0 Å². The molecule has 22 heavy (non-hydrogen) atoms. The first-order valence-corrected chi connectivity index (χ1v) is 8.10. The first kappa shape index (κ1) is 16.6. The van der Waals surface area contributed by atoms with Crippen LogP contribution < -0.4 is 5.32 Å². The van der Waals surface area contributed by atoms with Gasteiger partial charge in [-0.3, -0.25) is 9.36 Å². The first-order chi connectivity index (χ1) is 10.6. The SMILES string of the molecule is COCCNC(=O)CSc1nccn1-c1cccc(C)c1C. The third-order valence-electron chi connectivity index (χ3n) is 3.40. The van der Waals surface area contributed by atoms with Gasteiger partial charge in [-0.05, 0) is 31.0 Å². The van der Waals surface area contributed by atoms with Crippen LogP contribution in [0.15, 0.2) is 35.7 Å². The number of benzene rings is 1. The third-order valence-corrected chi connectivity index (χ3v) is 4.37. The lowest BCUT2D eigenvalue weighted by molar-refractivity contribution is -0.118. The smallest absolute Gasteiger partial charge is 0.230 e. The van der Waals surface area contributed by atoms with Crippen molar-refractivity contribution in [2.24, 2.45) is 0 Å². The van der Waals surface area contributed by atoms with Crippen LogP contribution in [-0.4, -0.2) is 41.5 Å². The van der Waals surface area contributed by atoms with Gasteiger partial charge in [-0.2, -0.15) is 0 Å². The summed E-state index contributed by atoms with van der Waals surface area (Å²) in [5, 5.41) is 3.62. The van der Waals surface area contributed by atoms with Crippen molar-refractivity contribution < 1.29 is 9.53 Å². The van der Waals surface area contributed by atoms with Crippen molar-refractivity contribution in [2.45, 2.75) is 19.0 Å². The molecule has 1 amide bonds. The summed E-state index contributed by atoms with van der Waals surface area (Å²) in [5.41, 5.74) is 3.55. The number of aryl methyl sites for hydroxylation is 1. The van der Waals surface area contributed by atoms with Crippen LogP contribution in [0.3, 0.4) is 0 Å². The standard InChI is InChI=1S/C16H21N3O2S/c1-12-5-4-6-14(13(12)2)19-9-7-18-16(19)22-11-15(20)17-8-10-21-3/h4-7,9H,8,10-11H2,1-3H3,(H,17,20). The monoisotopic (exact) mass is 319 g/mol. The molecule has 1 aromatic heterocycles. The second kappa shape index (κ2) is 8.00. The molecule has 1 aromatic carbocycles. The molecular weight excluding hydrogens is 298 g/mol. The predicted molar refractivity (Wildman–Crippen MR) is 88.6 cm³/mol. The molecule has 6 heteroatoms. The van der Waals surface area contributed by atoms with Crippen LogP contribution in [-0.2, 0) is 9.53 Å². The van der Waals surface area contributed by atoms with Crippen molar-refractivity contribution in [3.8, 4) is 5.69 Å². The Labute approximate surface area is 135 Å². The Kier molecular flexibility index (Phi) is 6.03. The lowest BCUT2D eigenvalue weighted by atomic mass is 10.1. The van der Waals surface area contributed by atoms with E-state index >= 15 is 0 Å². The maximum atomic E-state index is 11.8. The van der Waals surface area contributed by atoms with Crippen LogP contribution in [0.4, 0.5) is 0 Å². The molecule has 0 atom stereocenters. The number of nitrogens with one attached hydrogen (secondary N) is 1. The number of carbonyl (C=O) groups is 1. The van der Waals surface area contributed by atoms with E-state index in [4.69, 9.17) is 4.74 Å². The molecule has 1 N–H and O–H groups in total. The van der Waals surface area contributed by atoms with E-state index in [-0.39, 0.29) is 5.91 Å². The van der Waals surface area contributed by atoms with Crippen molar-refractivity contribution in [1.82, 2.24) is 14.9 Å². The fourth-order valence-electron chi connectivity index (χ4n) is 2.05. The number of nitrogens with zero attached hydrogens (tertiary/aromatic N) is 2. The number of carbonyl (C=O) groups excluding carboxylic acids is 1. The average molecular weight is 319 g/mol. The van der Waals surface area contributed by atoms with Crippen molar-refractivity contribution in [1.29, 1.82) is 0 Å². The highest BCUT2D eigenvalue weighted by Gasteiger charge is 2.11. The predicted octanol–water partition coefficient (Wildman–Crippen LogP) is 2.34. The zero-order valence-corrected chi connectivity index (χ0v) is 13.9. The van der Waals surface area contributed by atoms with Crippen LogP contribution in [0.25, 0.3) is 5.69 Å². The lowest BCUT2D eigenvalue weighted by Crippen LogP contribution is -2.28. The number of methoxy groups -OCH3 is 1. The third kappa shape index (κ3) is 4.11. The summed E-state index contributed by atoms with van der Waals surface area (Å²) in [7, 11) is 1.61. The molecule has 0 spiro atoms. The molecule has 5 nitrogen and oxygen atoms in total. The summed E-state index contributed by atoms with van der Waals surface area (Å²) in [6, 6.07) is 6.18. The van der Waals surface area contributed by atoms with Gasteiger partial charge in [-0.25, -0.2) is 4.98 Å². The van der Waals surface area contributed by atoms with Gasteiger partial charge in [-0.1, -0.05) is 23.9 Å². The Morgan fingerprint density at radius 3 is 3.00 bits per heavy atom. The number of rotatable bonds is 7. The molecule has 0 aliphatic heterocycles. The Balaban J connectivity index is 2.04. The highest BCUT2D eigenvalue weighted by molar-refractivity contribution is 7.99. The summed E-state index contributed by atoms with van der Waals surface area (Å²) in [6.07, 6.45) is 3.68. The second-order valence-electron chi connectivity index (χ2n) is 4.93. The van der Waals surface area contributed by atoms with Crippen LogP contribution in [0.5, 0.6) is 0 Å². The summed E-state index contributed by atoms with van der Waals surface area (Å²) in [4.78, 5) is 16.1. The number of hydrogen-bond acceptors (Lipinski definition) is 4. The van der Waals surface area contributed by atoms with Gasteiger partial charge in [0, 0.05) is 26.0 Å². The van der Waals surface area contributed by atoms with Crippen molar-refractivity contribution in [2.75, 3.05) is 26.0 Å². The summed E-state index contributed by atoms with van der Waals surface area (Å²) >= 11 is 1.43. The molecule has 0 aliphatic rings. The molecule has 0 unspecified atom stereocenters. The quantitative estimate of drug-likeness (QED) is 0.629. The fraction of sp³-hybridized carbons (Fsp3) is 0.375. The number of hydrogen-bond donors (Lipinski definition) is 1. The largest absolute Gasteiger partial charge is 0.383 e. The second-order valence-corrected chi connectivity index (χ2v) is 5.87. The molecule has 0 saturated carbocycles. The van der Waals surface area contributed by atoms with Crippen LogP contribution in [0.2, 0.25) is 0 Å². The minimum atomic E-state index is -0.0161. The molecule has 0 fully saturated rings. The van der Waals surface area contributed by atoms with E-state index in [9.17, 15) is 4.79 Å². The summed E-state index contributed by atoms with van der Waals surface area (Å²) in [6.45, 7) is 5.23. The van der Waals surface area contributed by atoms with Gasteiger partial charge in [0.15, 0.2) is 5.16 Å². The summed E-state index contributed by atoms with van der Waals surface area (Å²) in [5.74, 6) is 0.323. The maximum Gasteiger partial charge on any atom is 0.230 e. The molecule has 1 heterocycles. The Morgan fingerprint density at radius 1 is 1.41 bits per heavy atom. The molecule has 2 rings (SSSR count). The normalized spacial score (nSPS) is 10.7. The Morgan fingerprint density at radius 2 is 2.23 bits per heavy atom. The molecule has 0 bridgehead atoms. The van der Waals surface area contributed by atoms with Gasteiger partial charge < -0.3 is 10.1 Å². The molecule has 0 saturated heterocycles. The molecule has 0 aliphatic carbocycles. The van der Waals surface area contributed by atoms with E-state index < -0.39 is 0 Å². The number of thioether (sulfide) groups is 1. The van der Waals surface area contributed by atoms with Crippen molar-refractivity contribution in [3.63, 3.8) is 0 Å². The van der Waals surface area contributed by atoms with E-state index in [0.717, 1.165) is 10.8 Å². The molecule has 0 radical (unpaired) electrons. The number of amides is 1. The van der Waals surface area contributed by atoms with Crippen LogP contribution >= 0.6 is 11.8 Å². The van der Waals surface area contributed by atoms with E-state index in [1.807, 2.05) is 16.8 Å². The minimum Gasteiger partial charge on any atom is -0.383 e. The minimum absolute atomic E-state index is 0.0161. The number of ether oxygens (including phenoxy) is 1. The van der Waals surface area contributed by atoms with E-state index in [0.29, 0.717) is 18.9 Å². The van der Waals surface area contributed by atoms with Crippen molar-refractivity contribution >= 4 is 17.7 Å². The van der Waals surface area contributed by atoms with Crippen LogP contribution in [0.1, 0.15) is 11.1 Å². The zero-order chi connectivity index (χ0) is 15.9. The molecule has 2 aromatic rings. The number of imidazole rings is 1. The highest BCUT2D eigenvalue weighted by atomic mass is 32.2. The lowest BCUT2D eigenvalue weighted by Gasteiger charge is -2.12. The van der Waals surface area contributed by atoms with E-state index in [2.05, 4.69) is 36.3 Å². The summed E-state index contributed by atoms with van der Waals surface area (Å²) < 4.78 is 6.93. The molecular formula is C16H21N3O2S. The number of aromatic nitrogens is 2. The van der Waals surface area contributed by atoms with Gasteiger partial charge in [0.25, 0.3) is 0 Å². The topological polar surface area (TPSA) is 56.1 Å². The van der Waals surface area contributed by atoms with Gasteiger partial charge in [0.05, 0.1) is 18.0 Å². The Hall–Kier alpha value is -1.79.